The Morgan fingerprint density at radius 2 is 1.17 bits per heavy atom. The number of alkyl halides is 1. The average molecular weight is 1140 g/mol. The maximum absolute atomic E-state index is 13.8. The molecular weight excluding hydrogens is 1060 g/mol. The number of non-ortho nitro benzene ring substituents is 2. The Labute approximate surface area is 464 Å². The lowest BCUT2D eigenvalue weighted by Gasteiger charge is -2.27. The molecule has 19 heteroatoms. The van der Waals surface area contributed by atoms with E-state index in [9.17, 15) is 34.6 Å². The summed E-state index contributed by atoms with van der Waals surface area (Å²) in [5.74, 6) is 0.240. The van der Waals surface area contributed by atoms with Crippen LogP contribution in [0.4, 0.5) is 28.4 Å². The van der Waals surface area contributed by atoms with Gasteiger partial charge in [0.1, 0.15) is 0 Å². The topological polar surface area (TPSA) is 228 Å². The molecular formula is C59H75BrN8O10. The van der Waals surface area contributed by atoms with Gasteiger partial charge < -0.3 is 34.3 Å². The number of H-pyrrole nitrogens is 2. The third kappa shape index (κ3) is 10.2. The van der Waals surface area contributed by atoms with E-state index in [1.54, 1.807) is 23.1 Å². The zero-order valence-electron chi connectivity index (χ0n) is 46.0. The molecule has 0 bridgehead atoms. The molecule has 0 spiro atoms. The Balaban J connectivity index is 0.000000139. The molecule has 2 aromatic heterocycles. The first-order chi connectivity index (χ1) is 37.7. The third-order valence-electron chi connectivity index (χ3n) is 18.0. The smallest absolute Gasteiger partial charge is 0.269 e. The first-order valence-corrected chi connectivity index (χ1v) is 29.5. The zero-order chi connectivity index (χ0) is 55.5. The average Bonchev–Trinajstić information content (AvgIpc) is 4.53. The second-order valence-corrected chi connectivity index (χ2v) is 22.3. The normalized spacial score (nSPS) is 21.7. The van der Waals surface area contributed by atoms with E-state index >= 15 is 0 Å². The number of nitro groups is 2. The number of ether oxygens (including phenoxy) is 3. The standard InChI is InChI=1S/C25H30N4O2.C17H22N2O4.C12H14N2O3.C5H9BrO/c1-3-25(4-2)19-12-20-18(11-21(19)29(24(25)30)14-16-8-6-10-31-16)17-9-5-7-15-13-26-28-22(15)23(17)27-20;1-3-17(4-2)14-10-12(19(21)22)7-8-15(14)18(16(17)20)11-13-6-5-9-23-13;1-3-12(4-2)9-7-8(14(16)17)5-6-10(9)13-11(12)15;6-4-5-2-1-3-7-5/h11-13,16,27H,3-10,14H2,1-2H3,(H,26,28);7-8,10,13H,3-6,9,11H2,1-2H3;5-7H,3-4H2,1-2H3,(H,13,15);5H,1-4H2. The molecule has 3 saturated heterocycles. The number of aryl methyl sites for hydroxylation is 2. The van der Waals surface area contributed by atoms with E-state index < -0.39 is 26.1 Å². The lowest BCUT2D eigenvalue weighted by Crippen LogP contribution is -2.42. The lowest BCUT2D eigenvalue weighted by atomic mass is 9.76. The molecule has 78 heavy (non-hydrogen) atoms. The highest BCUT2D eigenvalue weighted by Crippen LogP contribution is 2.51. The summed E-state index contributed by atoms with van der Waals surface area (Å²) in [5, 5.41) is 34.4. The predicted octanol–water partition coefficient (Wildman–Crippen LogP) is 12.0. The van der Waals surface area contributed by atoms with Crippen molar-refractivity contribution in [1.29, 1.82) is 0 Å². The fourth-order valence-electron chi connectivity index (χ4n) is 13.2. The van der Waals surface area contributed by atoms with E-state index in [1.807, 2.05) is 38.8 Å². The summed E-state index contributed by atoms with van der Waals surface area (Å²) in [6.45, 7) is 15.8. The van der Waals surface area contributed by atoms with E-state index in [4.69, 9.17) is 14.2 Å². The van der Waals surface area contributed by atoms with Crippen molar-refractivity contribution in [1.82, 2.24) is 15.2 Å². The summed E-state index contributed by atoms with van der Waals surface area (Å²) in [6.07, 6.45) is 16.6. The van der Waals surface area contributed by atoms with Crippen LogP contribution in [0.25, 0.3) is 22.3 Å². The van der Waals surface area contributed by atoms with Crippen molar-refractivity contribution in [3.8, 4) is 11.4 Å². The van der Waals surface area contributed by atoms with Crippen LogP contribution in [0.2, 0.25) is 0 Å². The van der Waals surface area contributed by atoms with Crippen molar-refractivity contribution >= 4 is 73.0 Å². The summed E-state index contributed by atoms with van der Waals surface area (Å²) in [7, 11) is 0. The number of hydrogen-bond donors (Lipinski definition) is 3. The van der Waals surface area contributed by atoms with Crippen LogP contribution in [0.15, 0.2) is 54.7 Å². The molecule has 0 saturated carbocycles. The van der Waals surface area contributed by atoms with Crippen molar-refractivity contribution in [3.63, 3.8) is 0 Å². The number of nitrogens with zero attached hydrogens (tertiary/aromatic N) is 5. The van der Waals surface area contributed by atoms with Gasteiger partial charge in [0.25, 0.3) is 11.4 Å². The van der Waals surface area contributed by atoms with Gasteiger partial charge in [0, 0.05) is 77.4 Å². The molecule has 1 aliphatic carbocycles. The van der Waals surface area contributed by atoms with Crippen molar-refractivity contribution in [2.24, 2.45) is 0 Å². The number of halogens is 1. The van der Waals surface area contributed by atoms with Gasteiger partial charge in [0.2, 0.25) is 17.7 Å². The second kappa shape index (κ2) is 23.7. The van der Waals surface area contributed by atoms with Crippen molar-refractivity contribution < 1.29 is 38.4 Å². The number of amides is 3. The number of aromatic amines is 2. The van der Waals surface area contributed by atoms with Crippen molar-refractivity contribution in [3.05, 3.63) is 103 Å². The number of aromatic nitrogens is 3. The van der Waals surface area contributed by atoms with Crippen LogP contribution in [0.5, 0.6) is 0 Å². The predicted molar refractivity (Wildman–Crippen MR) is 305 cm³/mol. The quantitative estimate of drug-likeness (QED) is 0.0570. The molecule has 3 atom stereocenters. The Morgan fingerprint density at radius 3 is 1.68 bits per heavy atom. The van der Waals surface area contributed by atoms with Gasteiger partial charge in [0.05, 0.1) is 75.1 Å². The van der Waals surface area contributed by atoms with E-state index in [0.717, 1.165) is 117 Å². The number of carbonyl (C=O) groups excluding carboxylic acids is 3. The second-order valence-electron chi connectivity index (χ2n) is 21.7. The van der Waals surface area contributed by atoms with Crippen LogP contribution in [0.1, 0.15) is 153 Å². The fourth-order valence-corrected chi connectivity index (χ4v) is 13.7. The summed E-state index contributed by atoms with van der Waals surface area (Å²) < 4.78 is 16.8. The Hall–Kier alpha value is -6.02. The molecule has 3 amide bonds. The van der Waals surface area contributed by atoms with E-state index in [0.29, 0.717) is 50.6 Å². The Morgan fingerprint density at radius 1 is 0.641 bits per heavy atom. The van der Waals surface area contributed by atoms with Crippen molar-refractivity contribution in [2.45, 2.75) is 172 Å². The van der Waals surface area contributed by atoms with Crippen LogP contribution in [0.3, 0.4) is 0 Å². The minimum absolute atomic E-state index is 0.0338. The number of fused-ring (bicyclic) bond motifs is 8. The number of hydrogen-bond acceptors (Lipinski definition) is 11. The number of rotatable bonds is 13. The number of benzene rings is 3. The van der Waals surface area contributed by atoms with Gasteiger partial charge in [-0.25, -0.2) is 0 Å². The highest BCUT2D eigenvalue weighted by atomic mass is 79.9. The number of anilines is 3. The molecule has 12 rings (SSSR count). The van der Waals surface area contributed by atoms with Crippen LogP contribution >= 0.6 is 15.9 Å². The third-order valence-corrected chi connectivity index (χ3v) is 18.7. The van der Waals surface area contributed by atoms with Crippen LogP contribution in [-0.2, 0) is 57.7 Å². The zero-order valence-corrected chi connectivity index (χ0v) is 47.6. The molecule has 7 aliphatic rings. The number of nitrogens with one attached hydrogen (secondary N) is 3. The molecule has 418 valence electrons. The molecule has 3 N–H and O–H groups in total. The maximum Gasteiger partial charge on any atom is 0.269 e. The highest BCUT2D eigenvalue weighted by Gasteiger charge is 2.51. The highest BCUT2D eigenvalue weighted by molar-refractivity contribution is 9.09. The fraction of sp³-hybridized carbons (Fsp3) is 0.559. The van der Waals surface area contributed by atoms with Gasteiger partial charge in [-0.1, -0.05) is 57.5 Å². The Kier molecular flexibility index (Phi) is 17.3. The molecule has 3 aromatic carbocycles. The van der Waals surface area contributed by atoms with E-state index in [-0.39, 0.29) is 41.3 Å². The van der Waals surface area contributed by atoms with Gasteiger partial charge in [-0.2, -0.15) is 5.10 Å². The molecule has 0 radical (unpaired) electrons. The van der Waals surface area contributed by atoms with Crippen LogP contribution in [-0.4, -0.2) is 99.3 Å². The van der Waals surface area contributed by atoms with E-state index in [2.05, 4.69) is 62.4 Å². The summed E-state index contributed by atoms with van der Waals surface area (Å²) >= 11 is 3.35. The largest absolute Gasteiger partial charge is 0.377 e. The summed E-state index contributed by atoms with van der Waals surface area (Å²) in [6, 6.07) is 13.9. The molecule has 6 aliphatic heterocycles. The molecule has 5 aromatic rings. The number of nitro benzene ring substituents is 2. The van der Waals surface area contributed by atoms with Gasteiger partial charge in [0.15, 0.2) is 0 Å². The maximum atomic E-state index is 13.8. The lowest BCUT2D eigenvalue weighted by molar-refractivity contribution is -0.385. The summed E-state index contributed by atoms with van der Waals surface area (Å²) in [5.41, 5.74) is 9.73. The monoisotopic (exact) mass is 1130 g/mol. The minimum atomic E-state index is -0.653. The molecule has 3 unspecified atom stereocenters. The van der Waals surface area contributed by atoms with Crippen LogP contribution < -0.4 is 15.1 Å². The molecule has 3 fully saturated rings. The Bertz CT molecular complexity index is 3030. The SMILES string of the molecule is BrCC1CCCO1.CCC1(CC)C(=O)N(CC2CCCO2)c2cc3c4c([nH]c3cc21)-c1[nH]ncc1CCC4.CCC1(CC)C(=O)N(CC2CCCO2)c2ccc([N+](=O)[O-])cc21.CCC1(CC)C(=O)Nc2ccc([N+](=O)[O-])cc21. The van der Waals surface area contributed by atoms with Gasteiger partial charge in [-0.3, -0.25) is 39.7 Å². The number of carbonyl (C=O) groups is 3. The minimum Gasteiger partial charge on any atom is -0.377 e. The van der Waals surface area contributed by atoms with Gasteiger partial charge in [-0.05, 0) is 148 Å². The first kappa shape index (κ1) is 56.7. The van der Waals surface area contributed by atoms with E-state index in [1.165, 1.54) is 58.8 Å². The van der Waals surface area contributed by atoms with Crippen LogP contribution in [0, 0.1) is 20.2 Å². The van der Waals surface area contributed by atoms with Gasteiger partial charge >= 0.3 is 0 Å². The van der Waals surface area contributed by atoms with Gasteiger partial charge in [-0.15, -0.1) is 0 Å². The summed E-state index contributed by atoms with van der Waals surface area (Å²) in [4.78, 5) is 67.5. The van der Waals surface area contributed by atoms with Crippen molar-refractivity contribution in [2.75, 3.05) is 53.4 Å². The molecule has 18 nitrogen and oxygen atoms in total. The molecule has 8 heterocycles. The first-order valence-electron chi connectivity index (χ1n) is 28.3.